The van der Waals surface area contributed by atoms with Crippen molar-refractivity contribution in [1.82, 2.24) is 10.2 Å². The van der Waals surface area contributed by atoms with Crippen LogP contribution in [-0.2, 0) is 0 Å². The molecule has 1 aliphatic rings. The molecule has 0 bridgehead atoms. The second kappa shape index (κ2) is 6.81. The van der Waals surface area contributed by atoms with Gasteiger partial charge in [-0.3, -0.25) is 0 Å². The lowest BCUT2D eigenvalue weighted by Crippen LogP contribution is -2.40. The van der Waals surface area contributed by atoms with Crippen molar-refractivity contribution in [3.63, 3.8) is 0 Å². The van der Waals surface area contributed by atoms with Crippen LogP contribution in [0.4, 0.5) is 0 Å². The Morgan fingerprint density at radius 3 is 2.53 bits per heavy atom. The van der Waals surface area contributed by atoms with Crippen LogP contribution >= 0.6 is 0 Å². The van der Waals surface area contributed by atoms with Crippen molar-refractivity contribution in [2.45, 2.75) is 50.6 Å². The van der Waals surface area contributed by atoms with E-state index in [-0.39, 0.29) is 0 Å². The predicted octanol–water partition coefficient (Wildman–Crippen LogP) is 1.75. The summed E-state index contributed by atoms with van der Waals surface area (Å²) in [5, 5.41) is 11.8. The van der Waals surface area contributed by atoms with Crippen LogP contribution in [0.3, 0.4) is 0 Å². The van der Waals surface area contributed by atoms with Gasteiger partial charge >= 0.3 is 0 Å². The molecule has 0 atom stereocenters. The SMILES string of the molecule is CNC1CCC(N(C)CCCC#N)CC1. The van der Waals surface area contributed by atoms with Gasteiger partial charge in [-0.1, -0.05) is 0 Å². The number of rotatable bonds is 5. The van der Waals surface area contributed by atoms with Crippen molar-refractivity contribution in [2.24, 2.45) is 0 Å². The summed E-state index contributed by atoms with van der Waals surface area (Å²) in [6.45, 7) is 1.07. The first-order valence-electron chi connectivity index (χ1n) is 6.02. The number of hydrogen-bond acceptors (Lipinski definition) is 3. The van der Waals surface area contributed by atoms with E-state index in [4.69, 9.17) is 5.26 Å². The molecule has 1 N–H and O–H groups in total. The smallest absolute Gasteiger partial charge is 0.0622 e. The molecule has 1 saturated carbocycles. The molecule has 86 valence electrons. The first kappa shape index (κ1) is 12.5. The van der Waals surface area contributed by atoms with Crippen LogP contribution in [0, 0.1) is 11.3 Å². The summed E-state index contributed by atoms with van der Waals surface area (Å²) in [5.41, 5.74) is 0. The zero-order valence-corrected chi connectivity index (χ0v) is 10.00. The summed E-state index contributed by atoms with van der Waals surface area (Å²) >= 11 is 0. The van der Waals surface area contributed by atoms with Crippen LogP contribution in [0.25, 0.3) is 0 Å². The Morgan fingerprint density at radius 2 is 2.00 bits per heavy atom. The van der Waals surface area contributed by atoms with Gasteiger partial charge in [0.1, 0.15) is 0 Å². The van der Waals surface area contributed by atoms with E-state index in [0.29, 0.717) is 6.42 Å². The van der Waals surface area contributed by atoms with Gasteiger partial charge in [0.15, 0.2) is 0 Å². The summed E-state index contributed by atoms with van der Waals surface area (Å²) in [6.07, 6.45) is 6.89. The number of nitrogens with one attached hydrogen (secondary N) is 1. The van der Waals surface area contributed by atoms with Gasteiger partial charge in [-0.25, -0.2) is 0 Å². The fraction of sp³-hybridized carbons (Fsp3) is 0.917. The van der Waals surface area contributed by atoms with Gasteiger partial charge in [0.05, 0.1) is 6.07 Å². The number of hydrogen-bond donors (Lipinski definition) is 1. The van der Waals surface area contributed by atoms with Crippen LogP contribution in [-0.4, -0.2) is 37.6 Å². The molecule has 0 radical (unpaired) electrons. The molecule has 1 aliphatic carbocycles. The summed E-state index contributed by atoms with van der Waals surface area (Å²) in [5.74, 6) is 0. The molecule has 0 saturated heterocycles. The average molecular weight is 209 g/mol. The highest BCUT2D eigenvalue weighted by atomic mass is 15.1. The molecule has 0 heterocycles. The minimum absolute atomic E-state index is 0.691. The van der Waals surface area contributed by atoms with Crippen LogP contribution < -0.4 is 5.32 Å². The Hall–Kier alpha value is -0.590. The third kappa shape index (κ3) is 4.19. The molecule has 0 aromatic rings. The maximum absolute atomic E-state index is 8.48. The second-order valence-corrected chi connectivity index (χ2v) is 4.54. The van der Waals surface area contributed by atoms with Crippen molar-refractivity contribution >= 4 is 0 Å². The topological polar surface area (TPSA) is 39.1 Å². The number of nitrogens with zero attached hydrogens (tertiary/aromatic N) is 2. The molecular formula is C12H23N3. The van der Waals surface area contributed by atoms with E-state index >= 15 is 0 Å². The molecule has 0 aromatic carbocycles. The van der Waals surface area contributed by atoms with Gasteiger partial charge in [-0.15, -0.1) is 0 Å². The highest BCUT2D eigenvalue weighted by molar-refractivity contribution is 4.81. The summed E-state index contributed by atoms with van der Waals surface area (Å²) < 4.78 is 0. The van der Waals surface area contributed by atoms with Crippen LogP contribution in [0.5, 0.6) is 0 Å². The zero-order chi connectivity index (χ0) is 11.1. The highest BCUT2D eigenvalue weighted by Crippen LogP contribution is 2.22. The van der Waals surface area contributed by atoms with E-state index in [1.165, 1.54) is 25.7 Å². The van der Waals surface area contributed by atoms with Gasteiger partial charge in [0, 0.05) is 18.5 Å². The lowest BCUT2D eigenvalue weighted by molar-refractivity contribution is 0.175. The Kier molecular flexibility index (Phi) is 5.67. The summed E-state index contributed by atoms with van der Waals surface area (Å²) in [7, 11) is 4.25. The van der Waals surface area contributed by atoms with Crippen molar-refractivity contribution in [3.05, 3.63) is 0 Å². The van der Waals surface area contributed by atoms with E-state index in [9.17, 15) is 0 Å². The lowest BCUT2D eigenvalue weighted by atomic mass is 9.90. The van der Waals surface area contributed by atoms with Crippen molar-refractivity contribution in [2.75, 3.05) is 20.6 Å². The molecule has 0 spiro atoms. The minimum atomic E-state index is 0.691. The first-order chi connectivity index (χ1) is 7.27. The van der Waals surface area contributed by atoms with E-state index in [1.807, 2.05) is 0 Å². The maximum atomic E-state index is 8.48. The zero-order valence-electron chi connectivity index (χ0n) is 10.00. The summed E-state index contributed by atoms with van der Waals surface area (Å²) in [4.78, 5) is 2.43. The van der Waals surface area contributed by atoms with Crippen LogP contribution in [0.15, 0.2) is 0 Å². The quantitative estimate of drug-likeness (QED) is 0.701. The van der Waals surface area contributed by atoms with Gasteiger partial charge in [-0.05, 0) is 52.7 Å². The normalized spacial score (nSPS) is 26.5. The van der Waals surface area contributed by atoms with Crippen molar-refractivity contribution in [3.8, 4) is 6.07 Å². The molecule has 0 amide bonds. The van der Waals surface area contributed by atoms with Gasteiger partial charge in [0.2, 0.25) is 0 Å². The lowest BCUT2D eigenvalue weighted by Gasteiger charge is -2.34. The average Bonchev–Trinajstić information content (AvgIpc) is 2.29. The largest absolute Gasteiger partial charge is 0.317 e. The van der Waals surface area contributed by atoms with Crippen LogP contribution in [0.2, 0.25) is 0 Å². The minimum Gasteiger partial charge on any atom is -0.317 e. The summed E-state index contributed by atoms with van der Waals surface area (Å²) in [6, 6.07) is 3.68. The van der Waals surface area contributed by atoms with Crippen molar-refractivity contribution in [1.29, 1.82) is 5.26 Å². The van der Waals surface area contributed by atoms with E-state index in [0.717, 1.165) is 25.0 Å². The number of unbranched alkanes of at least 4 members (excludes halogenated alkanes) is 1. The van der Waals surface area contributed by atoms with E-state index in [1.54, 1.807) is 0 Å². The van der Waals surface area contributed by atoms with Crippen LogP contribution in [0.1, 0.15) is 38.5 Å². The Morgan fingerprint density at radius 1 is 1.33 bits per heavy atom. The Labute approximate surface area is 93.5 Å². The third-order valence-electron chi connectivity index (χ3n) is 3.53. The highest BCUT2D eigenvalue weighted by Gasteiger charge is 2.22. The van der Waals surface area contributed by atoms with Crippen molar-refractivity contribution < 1.29 is 0 Å². The molecule has 0 unspecified atom stereocenters. The fourth-order valence-electron chi connectivity index (χ4n) is 2.40. The molecule has 0 aliphatic heterocycles. The standard InChI is InChI=1S/C12H23N3/c1-14-11-5-7-12(8-6-11)15(2)10-4-3-9-13/h11-12,14H,3-8,10H2,1-2H3. The molecule has 1 rings (SSSR count). The Bertz CT molecular complexity index is 201. The molecule has 15 heavy (non-hydrogen) atoms. The molecule has 1 fully saturated rings. The van der Waals surface area contributed by atoms with E-state index in [2.05, 4.69) is 30.4 Å². The molecule has 3 nitrogen and oxygen atoms in total. The third-order valence-corrected chi connectivity index (χ3v) is 3.53. The number of nitriles is 1. The monoisotopic (exact) mass is 209 g/mol. The molecular weight excluding hydrogens is 186 g/mol. The second-order valence-electron chi connectivity index (χ2n) is 4.54. The van der Waals surface area contributed by atoms with Gasteiger partial charge in [0.25, 0.3) is 0 Å². The predicted molar refractivity (Wildman–Crippen MR) is 62.6 cm³/mol. The molecule has 3 heteroatoms. The van der Waals surface area contributed by atoms with E-state index < -0.39 is 0 Å². The van der Waals surface area contributed by atoms with Gasteiger partial charge < -0.3 is 10.2 Å². The first-order valence-corrected chi connectivity index (χ1v) is 6.02. The molecule has 0 aromatic heterocycles. The van der Waals surface area contributed by atoms with Gasteiger partial charge in [-0.2, -0.15) is 5.26 Å². The fourth-order valence-corrected chi connectivity index (χ4v) is 2.40. The maximum Gasteiger partial charge on any atom is 0.0622 e. The Balaban J connectivity index is 2.18.